The van der Waals surface area contributed by atoms with E-state index < -0.39 is 17.6 Å². The molecule has 0 bridgehead atoms. The quantitative estimate of drug-likeness (QED) is 0.884. The van der Waals surface area contributed by atoms with Gasteiger partial charge in [0.25, 0.3) is 0 Å². The molecule has 0 unspecified atom stereocenters. The third-order valence-corrected chi connectivity index (χ3v) is 4.34. The van der Waals surface area contributed by atoms with E-state index in [1.165, 1.54) is 4.90 Å². The Hall–Kier alpha value is -2.08. The first kappa shape index (κ1) is 18.3. The van der Waals surface area contributed by atoms with Gasteiger partial charge in [-0.3, -0.25) is 9.69 Å². The van der Waals surface area contributed by atoms with Crippen LogP contribution in [0.2, 0.25) is 0 Å². The van der Waals surface area contributed by atoms with E-state index in [4.69, 9.17) is 5.73 Å². The highest BCUT2D eigenvalue weighted by molar-refractivity contribution is 5.86. The fourth-order valence-corrected chi connectivity index (χ4v) is 3.18. The molecule has 6 nitrogen and oxygen atoms in total. The highest BCUT2D eigenvalue weighted by atomic mass is 16.4. The van der Waals surface area contributed by atoms with Gasteiger partial charge in [0.2, 0.25) is 5.91 Å². The van der Waals surface area contributed by atoms with Crippen molar-refractivity contribution in [3.05, 3.63) is 35.9 Å². The van der Waals surface area contributed by atoms with Gasteiger partial charge < -0.3 is 15.7 Å². The van der Waals surface area contributed by atoms with Crippen LogP contribution in [0.5, 0.6) is 0 Å². The fourth-order valence-electron chi connectivity index (χ4n) is 3.18. The SMILES string of the molecule is CC(C)(C)[C@@H](C(=O)N1CC[C@@H](N)C1)N(Cc1ccccc1)C(=O)O. The molecule has 2 amide bonds. The van der Waals surface area contributed by atoms with Crippen molar-refractivity contribution in [1.29, 1.82) is 0 Å². The summed E-state index contributed by atoms with van der Waals surface area (Å²) in [7, 11) is 0. The number of carboxylic acid groups (broad SMARTS) is 1. The van der Waals surface area contributed by atoms with Crippen LogP contribution in [0.3, 0.4) is 0 Å². The summed E-state index contributed by atoms with van der Waals surface area (Å²) in [5.74, 6) is -0.159. The number of nitrogens with zero attached hydrogens (tertiary/aromatic N) is 2. The predicted octanol–water partition coefficient (Wildman–Crippen LogP) is 2.14. The van der Waals surface area contributed by atoms with Crippen molar-refractivity contribution in [1.82, 2.24) is 9.80 Å². The van der Waals surface area contributed by atoms with Crippen molar-refractivity contribution >= 4 is 12.0 Å². The molecule has 1 aliphatic heterocycles. The standard InChI is InChI=1S/C18H27N3O3/c1-18(2,3)15(16(22)20-10-9-14(19)12-20)21(17(23)24)11-13-7-5-4-6-8-13/h4-8,14-15H,9-12,19H2,1-3H3,(H,23,24)/t14-,15-/m1/s1. The van der Waals surface area contributed by atoms with Crippen molar-refractivity contribution in [3.63, 3.8) is 0 Å². The van der Waals surface area contributed by atoms with Gasteiger partial charge in [-0.2, -0.15) is 0 Å². The first-order chi connectivity index (χ1) is 11.2. The molecule has 0 aromatic heterocycles. The minimum absolute atomic E-state index is 0.0260. The summed E-state index contributed by atoms with van der Waals surface area (Å²) in [5.41, 5.74) is 6.25. The smallest absolute Gasteiger partial charge is 0.408 e. The average molecular weight is 333 g/mol. The molecule has 2 atom stereocenters. The second-order valence-corrected chi connectivity index (χ2v) is 7.50. The highest BCUT2D eigenvalue weighted by Crippen LogP contribution is 2.29. The molecule has 0 aliphatic carbocycles. The van der Waals surface area contributed by atoms with Gasteiger partial charge in [0, 0.05) is 25.7 Å². The van der Waals surface area contributed by atoms with E-state index in [0.717, 1.165) is 12.0 Å². The Bertz CT molecular complexity index is 583. The van der Waals surface area contributed by atoms with Gasteiger partial charge in [-0.15, -0.1) is 0 Å². The summed E-state index contributed by atoms with van der Waals surface area (Å²) in [6.07, 6.45) is -0.329. The Kier molecular flexibility index (Phi) is 5.49. The third-order valence-electron chi connectivity index (χ3n) is 4.34. The molecule has 1 aromatic rings. The lowest BCUT2D eigenvalue weighted by molar-refractivity contribution is -0.139. The maximum atomic E-state index is 13.0. The van der Waals surface area contributed by atoms with Crippen molar-refractivity contribution < 1.29 is 14.7 Å². The molecule has 2 rings (SSSR count). The molecule has 132 valence electrons. The minimum atomic E-state index is -1.09. The van der Waals surface area contributed by atoms with Gasteiger partial charge in [0.05, 0.1) is 0 Å². The van der Waals surface area contributed by atoms with E-state index in [1.807, 2.05) is 51.1 Å². The molecule has 1 aliphatic rings. The first-order valence-electron chi connectivity index (χ1n) is 8.28. The summed E-state index contributed by atoms with van der Waals surface area (Å²) in [6, 6.07) is 8.57. The molecular weight excluding hydrogens is 306 g/mol. The molecule has 24 heavy (non-hydrogen) atoms. The van der Waals surface area contributed by atoms with Crippen LogP contribution in [-0.2, 0) is 11.3 Å². The summed E-state index contributed by atoms with van der Waals surface area (Å²) >= 11 is 0. The second kappa shape index (κ2) is 7.21. The third kappa shape index (κ3) is 4.26. The average Bonchev–Trinajstić information content (AvgIpc) is 2.92. The second-order valence-electron chi connectivity index (χ2n) is 7.50. The fraction of sp³-hybridized carbons (Fsp3) is 0.556. The number of nitrogens with two attached hydrogens (primary N) is 1. The van der Waals surface area contributed by atoms with Gasteiger partial charge in [-0.1, -0.05) is 51.1 Å². The van der Waals surface area contributed by atoms with Gasteiger partial charge in [0.1, 0.15) is 6.04 Å². The normalized spacial score (nSPS) is 19.2. The zero-order valence-electron chi connectivity index (χ0n) is 14.6. The Morgan fingerprint density at radius 2 is 1.96 bits per heavy atom. The largest absolute Gasteiger partial charge is 0.465 e. The Morgan fingerprint density at radius 3 is 2.42 bits per heavy atom. The number of rotatable bonds is 4. The Morgan fingerprint density at radius 1 is 1.33 bits per heavy atom. The van der Waals surface area contributed by atoms with Gasteiger partial charge in [-0.25, -0.2) is 4.79 Å². The summed E-state index contributed by atoms with van der Waals surface area (Å²) in [4.78, 5) is 27.9. The Balaban J connectivity index is 2.29. The number of carbonyl (C=O) groups excluding carboxylic acids is 1. The van der Waals surface area contributed by atoms with Crippen LogP contribution in [0.15, 0.2) is 30.3 Å². The molecule has 3 N–H and O–H groups in total. The molecule has 1 aromatic carbocycles. The van der Waals surface area contributed by atoms with Gasteiger partial charge in [-0.05, 0) is 17.4 Å². The molecule has 1 saturated heterocycles. The van der Waals surface area contributed by atoms with Crippen LogP contribution in [0.1, 0.15) is 32.8 Å². The van der Waals surface area contributed by atoms with Crippen LogP contribution >= 0.6 is 0 Å². The van der Waals surface area contributed by atoms with Crippen LogP contribution in [-0.4, -0.2) is 52.1 Å². The maximum absolute atomic E-state index is 13.0. The van der Waals surface area contributed by atoms with E-state index in [0.29, 0.717) is 13.1 Å². The van der Waals surface area contributed by atoms with Crippen molar-refractivity contribution in [2.75, 3.05) is 13.1 Å². The molecular formula is C18H27N3O3. The molecule has 6 heteroatoms. The topological polar surface area (TPSA) is 86.9 Å². The number of hydrogen-bond donors (Lipinski definition) is 2. The lowest BCUT2D eigenvalue weighted by Crippen LogP contribution is -2.56. The molecule has 0 saturated carbocycles. The van der Waals surface area contributed by atoms with E-state index in [2.05, 4.69) is 0 Å². The summed E-state index contributed by atoms with van der Waals surface area (Å²) in [5, 5.41) is 9.74. The van der Waals surface area contributed by atoms with Crippen molar-refractivity contribution in [2.24, 2.45) is 11.1 Å². The number of amides is 2. The van der Waals surface area contributed by atoms with Crippen LogP contribution in [0.25, 0.3) is 0 Å². The zero-order valence-corrected chi connectivity index (χ0v) is 14.6. The number of benzene rings is 1. The molecule has 0 radical (unpaired) electrons. The van der Waals surface area contributed by atoms with Crippen molar-refractivity contribution in [3.8, 4) is 0 Å². The van der Waals surface area contributed by atoms with Crippen molar-refractivity contribution in [2.45, 2.75) is 45.8 Å². The number of hydrogen-bond acceptors (Lipinski definition) is 3. The maximum Gasteiger partial charge on any atom is 0.408 e. The molecule has 1 fully saturated rings. The van der Waals surface area contributed by atoms with E-state index >= 15 is 0 Å². The first-order valence-corrected chi connectivity index (χ1v) is 8.28. The summed E-state index contributed by atoms with van der Waals surface area (Å²) < 4.78 is 0. The van der Waals surface area contributed by atoms with Crippen LogP contribution in [0.4, 0.5) is 4.79 Å². The number of likely N-dealkylation sites (tertiary alicyclic amines) is 1. The lowest BCUT2D eigenvalue weighted by Gasteiger charge is -2.39. The summed E-state index contributed by atoms with van der Waals surface area (Å²) in [6.45, 7) is 6.95. The van der Waals surface area contributed by atoms with E-state index in [9.17, 15) is 14.7 Å². The monoisotopic (exact) mass is 333 g/mol. The van der Waals surface area contributed by atoms with Crippen LogP contribution < -0.4 is 5.73 Å². The minimum Gasteiger partial charge on any atom is -0.465 e. The van der Waals surface area contributed by atoms with Gasteiger partial charge >= 0.3 is 6.09 Å². The van der Waals surface area contributed by atoms with E-state index in [-0.39, 0.29) is 18.5 Å². The highest BCUT2D eigenvalue weighted by Gasteiger charge is 2.42. The zero-order chi connectivity index (χ0) is 17.9. The Labute approximate surface area is 143 Å². The lowest BCUT2D eigenvalue weighted by atomic mass is 9.84. The van der Waals surface area contributed by atoms with Crippen LogP contribution in [0, 0.1) is 5.41 Å². The predicted molar refractivity (Wildman–Crippen MR) is 92.4 cm³/mol. The number of carbonyl (C=O) groups is 2. The molecule has 0 spiro atoms. The van der Waals surface area contributed by atoms with Gasteiger partial charge in [0.15, 0.2) is 0 Å². The van der Waals surface area contributed by atoms with E-state index in [1.54, 1.807) is 4.90 Å². The molecule has 1 heterocycles.